The lowest BCUT2D eigenvalue weighted by Gasteiger charge is -2.28. The summed E-state index contributed by atoms with van der Waals surface area (Å²) in [4.78, 5) is 48.8. The number of hydrogen-bond acceptors (Lipinski definition) is 9. The highest BCUT2D eigenvalue weighted by molar-refractivity contribution is 5.80. The van der Waals surface area contributed by atoms with Crippen molar-refractivity contribution in [2.75, 3.05) is 6.61 Å². The molecule has 10 nitrogen and oxygen atoms in total. The van der Waals surface area contributed by atoms with Crippen LogP contribution in [0.1, 0.15) is 73.3 Å². The number of carboxylic acids is 1. The summed E-state index contributed by atoms with van der Waals surface area (Å²) in [7, 11) is 0. The standard InChI is InChI=1S/C27H41NO9/c1-8-17(5)23(29)36-21-11-10-20(12-22(21)37-24(30)18(6)9-2)14-27(28,25(31)32)13-19(7)35-26(33)34-15-16(3)4/h10-12,16-19H,8-9,13-15,28H2,1-7H3,(H,31,32)/t17?,18?,19-,27?/m0/s1. The highest BCUT2D eigenvalue weighted by atomic mass is 16.7. The molecule has 0 aliphatic rings. The van der Waals surface area contributed by atoms with Gasteiger partial charge in [-0.1, -0.05) is 47.6 Å². The van der Waals surface area contributed by atoms with E-state index in [1.54, 1.807) is 19.9 Å². The second-order valence-corrected chi connectivity index (χ2v) is 9.97. The number of benzene rings is 1. The number of rotatable bonds is 14. The third kappa shape index (κ3) is 10.4. The van der Waals surface area contributed by atoms with Crippen LogP contribution in [0.3, 0.4) is 0 Å². The molecule has 3 N–H and O–H groups in total. The van der Waals surface area contributed by atoms with Crippen molar-refractivity contribution in [2.45, 2.75) is 85.8 Å². The van der Waals surface area contributed by atoms with Crippen LogP contribution in [0, 0.1) is 17.8 Å². The van der Waals surface area contributed by atoms with Gasteiger partial charge in [0.1, 0.15) is 11.6 Å². The lowest BCUT2D eigenvalue weighted by molar-refractivity contribution is -0.145. The lowest BCUT2D eigenvalue weighted by atomic mass is 9.86. The van der Waals surface area contributed by atoms with Gasteiger partial charge in [0.15, 0.2) is 11.5 Å². The van der Waals surface area contributed by atoms with E-state index in [4.69, 9.17) is 24.7 Å². The first-order valence-electron chi connectivity index (χ1n) is 12.6. The van der Waals surface area contributed by atoms with E-state index < -0.39 is 41.6 Å². The molecule has 0 aliphatic heterocycles. The van der Waals surface area contributed by atoms with Crippen molar-refractivity contribution in [3.8, 4) is 11.5 Å². The quantitative estimate of drug-likeness (QED) is 0.263. The van der Waals surface area contributed by atoms with Crippen LogP contribution in [0.5, 0.6) is 11.5 Å². The topological polar surface area (TPSA) is 151 Å². The van der Waals surface area contributed by atoms with E-state index in [1.807, 2.05) is 27.7 Å². The van der Waals surface area contributed by atoms with E-state index in [0.717, 1.165) is 0 Å². The van der Waals surface area contributed by atoms with E-state index in [0.29, 0.717) is 18.4 Å². The Morgan fingerprint density at radius 3 is 1.95 bits per heavy atom. The molecule has 37 heavy (non-hydrogen) atoms. The van der Waals surface area contributed by atoms with Crippen LogP contribution in [0.2, 0.25) is 0 Å². The molecule has 0 spiro atoms. The van der Waals surface area contributed by atoms with Gasteiger partial charge in [-0.05, 0) is 43.4 Å². The predicted octanol–water partition coefficient (Wildman–Crippen LogP) is 4.50. The van der Waals surface area contributed by atoms with Gasteiger partial charge in [-0.15, -0.1) is 0 Å². The average Bonchev–Trinajstić information content (AvgIpc) is 2.82. The van der Waals surface area contributed by atoms with Gasteiger partial charge in [-0.2, -0.15) is 0 Å². The summed E-state index contributed by atoms with van der Waals surface area (Å²) in [5, 5.41) is 9.88. The number of carboxylic acid groups (broad SMARTS) is 1. The van der Waals surface area contributed by atoms with Gasteiger partial charge in [0, 0.05) is 12.8 Å². The number of hydrogen-bond donors (Lipinski definition) is 2. The highest BCUT2D eigenvalue weighted by Crippen LogP contribution is 2.32. The summed E-state index contributed by atoms with van der Waals surface area (Å²) in [5.74, 6) is -2.90. The maximum atomic E-state index is 12.5. The Bertz CT molecular complexity index is 946. The third-order valence-corrected chi connectivity index (χ3v) is 5.89. The number of esters is 2. The van der Waals surface area contributed by atoms with Crippen LogP contribution in [0.25, 0.3) is 0 Å². The monoisotopic (exact) mass is 523 g/mol. The second kappa shape index (κ2) is 14.6. The molecule has 208 valence electrons. The fraction of sp³-hybridized carbons (Fsp3) is 0.630. The van der Waals surface area contributed by atoms with Crippen LogP contribution in [0.15, 0.2) is 18.2 Å². The van der Waals surface area contributed by atoms with Gasteiger partial charge >= 0.3 is 24.1 Å². The molecule has 10 heteroatoms. The molecule has 0 heterocycles. The minimum atomic E-state index is -1.81. The zero-order valence-electron chi connectivity index (χ0n) is 22.9. The molecular formula is C27H41NO9. The Balaban J connectivity index is 3.17. The van der Waals surface area contributed by atoms with Crippen LogP contribution < -0.4 is 15.2 Å². The van der Waals surface area contributed by atoms with Gasteiger partial charge in [-0.25, -0.2) is 4.79 Å². The van der Waals surface area contributed by atoms with Crippen LogP contribution >= 0.6 is 0 Å². The van der Waals surface area contributed by atoms with Gasteiger partial charge in [0.25, 0.3) is 0 Å². The highest BCUT2D eigenvalue weighted by Gasteiger charge is 2.37. The van der Waals surface area contributed by atoms with E-state index in [1.165, 1.54) is 19.1 Å². The molecule has 0 amide bonds. The summed E-state index contributed by atoms with van der Waals surface area (Å²) < 4.78 is 21.1. The van der Waals surface area contributed by atoms with E-state index in [9.17, 15) is 24.3 Å². The summed E-state index contributed by atoms with van der Waals surface area (Å²) >= 11 is 0. The van der Waals surface area contributed by atoms with Crippen molar-refractivity contribution >= 4 is 24.1 Å². The average molecular weight is 524 g/mol. The summed E-state index contributed by atoms with van der Waals surface area (Å²) in [6.07, 6.45) is -1.02. The maximum Gasteiger partial charge on any atom is 0.508 e. The van der Waals surface area contributed by atoms with E-state index in [2.05, 4.69) is 0 Å². The SMILES string of the molecule is CCC(C)C(=O)Oc1ccc(CC(N)(C[C@H](C)OC(=O)OCC(C)C)C(=O)O)cc1OC(=O)C(C)CC. The minimum Gasteiger partial charge on any atom is -0.480 e. The Labute approximate surface area is 218 Å². The number of nitrogens with two attached hydrogens (primary N) is 1. The molecular weight excluding hydrogens is 482 g/mol. The Kier molecular flexibility index (Phi) is 12.6. The molecule has 0 radical (unpaired) electrons. The molecule has 0 aliphatic carbocycles. The number of carbonyl (C=O) groups is 4. The van der Waals surface area contributed by atoms with Gasteiger partial charge < -0.3 is 29.8 Å². The fourth-order valence-corrected chi connectivity index (χ4v) is 3.16. The van der Waals surface area contributed by atoms with Crippen molar-refractivity contribution in [2.24, 2.45) is 23.5 Å². The van der Waals surface area contributed by atoms with Crippen LogP contribution in [-0.2, 0) is 30.3 Å². The maximum absolute atomic E-state index is 12.5. The minimum absolute atomic E-state index is 0.00578. The first-order valence-corrected chi connectivity index (χ1v) is 12.6. The molecule has 0 fully saturated rings. The predicted molar refractivity (Wildman–Crippen MR) is 136 cm³/mol. The smallest absolute Gasteiger partial charge is 0.480 e. The molecule has 1 aromatic rings. The molecule has 1 aromatic carbocycles. The number of ether oxygens (including phenoxy) is 4. The van der Waals surface area contributed by atoms with Crippen LogP contribution in [0.4, 0.5) is 4.79 Å². The van der Waals surface area contributed by atoms with Gasteiger partial charge in [0.2, 0.25) is 0 Å². The Morgan fingerprint density at radius 2 is 1.46 bits per heavy atom. The molecule has 0 bridgehead atoms. The molecule has 4 atom stereocenters. The first kappa shape index (κ1) is 31.9. The van der Waals surface area contributed by atoms with Crippen molar-refractivity contribution < 1.29 is 43.2 Å². The summed E-state index contributed by atoms with van der Waals surface area (Å²) in [6, 6.07) is 4.43. The largest absolute Gasteiger partial charge is 0.508 e. The fourth-order valence-electron chi connectivity index (χ4n) is 3.16. The molecule has 0 saturated carbocycles. The Hall–Kier alpha value is -3.14. The zero-order valence-corrected chi connectivity index (χ0v) is 22.9. The molecule has 0 saturated heterocycles. The Morgan fingerprint density at radius 1 is 0.919 bits per heavy atom. The normalized spacial score (nSPS) is 15.2. The van der Waals surface area contributed by atoms with Crippen LogP contribution in [-0.4, -0.2) is 47.4 Å². The third-order valence-electron chi connectivity index (χ3n) is 5.89. The molecule has 3 unspecified atom stereocenters. The zero-order chi connectivity index (χ0) is 28.3. The van der Waals surface area contributed by atoms with E-state index in [-0.39, 0.29) is 42.8 Å². The summed E-state index contributed by atoms with van der Waals surface area (Å²) in [6.45, 7) is 12.6. The molecule has 1 rings (SSSR count). The van der Waals surface area contributed by atoms with Gasteiger partial charge in [0.05, 0.1) is 18.4 Å². The van der Waals surface area contributed by atoms with Crippen molar-refractivity contribution in [3.05, 3.63) is 23.8 Å². The summed E-state index contributed by atoms with van der Waals surface area (Å²) in [5.41, 5.74) is 4.86. The molecule has 0 aromatic heterocycles. The van der Waals surface area contributed by atoms with E-state index >= 15 is 0 Å². The van der Waals surface area contributed by atoms with Crippen molar-refractivity contribution in [1.82, 2.24) is 0 Å². The number of carbonyl (C=O) groups excluding carboxylic acids is 3. The van der Waals surface area contributed by atoms with Gasteiger partial charge in [-0.3, -0.25) is 14.4 Å². The first-order chi connectivity index (χ1) is 17.2. The number of aliphatic carboxylic acids is 1. The van der Waals surface area contributed by atoms with Crippen molar-refractivity contribution in [1.29, 1.82) is 0 Å². The van der Waals surface area contributed by atoms with Crippen molar-refractivity contribution in [3.63, 3.8) is 0 Å². The lowest BCUT2D eigenvalue weighted by Crippen LogP contribution is -2.52. The second-order valence-electron chi connectivity index (χ2n) is 9.97.